The predicted octanol–water partition coefficient (Wildman–Crippen LogP) is -4.75. The van der Waals surface area contributed by atoms with Gasteiger partial charge in [-0.2, -0.15) is 0 Å². The Kier molecular flexibility index (Phi) is 5.98. The molecule has 3 heterocycles. The third kappa shape index (κ3) is 3.78. The average Bonchev–Trinajstić information content (AvgIpc) is 3.01. The molecule has 2 aromatic heterocycles. The largest absolute Gasteiger partial charge is 1.00 e. The molecule has 2 aromatic rings. The summed E-state index contributed by atoms with van der Waals surface area (Å²) in [5.41, 5.74) is 6.25. The molecule has 0 radical (unpaired) electrons. The maximum absolute atomic E-state index is 10.7. The molecule has 0 aliphatic carbocycles. The van der Waals surface area contributed by atoms with E-state index in [4.69, 9.17) is 20.3 Å². The van der Waals surface area contributed by atoms with E-state index in [-0.39, 0.29) is 42.4 Å². The van der Waals surface area contributed by atoms with Crippen LogP contribution in [-0.2, 0) is 13.8 Å². The number of hydrogen-bond donors (Lipinski definition) is 5. The molecule has 3 rings (SSSR count). The van der Waals surface area contributed by atoms with Crippen molar-refractivity contribution in [2.45, 2.75) is 24.5 Å². The summed E-state index contributed by atoms with van der Waals surface area (Å²) < 4.78 is 21.8. The van der Waals surface area contributed by atoms with E-state index in [1.807, 2.05) is 0 Å². The summed E-state index contributed by atoms with van der Waals surface area (Å²) in [6.45, 7) is -0.594. The van der Waals surface area contributed by atoms with Gasteiger partial charge in [-0.1, -0.05) is 0 Å². The molecule has 4 atom stereocenters. The van der Waals surface area contributed by atoms with Crippen molar-refractivity contribution in [1.29, 1.82) is 0 Å². The summed E-state index contributed by atoms with van der Waals surface area (Å²) in [5.74, 6) is 0.142. The number of phosphoric acid groups is 1. The van der Waals surface area contributed by atoms with Crippen LogP contribution in [0, 0.1) is 0 Å². The van der Waals surface area contributed by atoms with Gasteiger partial charge < -0.3 is 31.9 Å². The molecule has 14 heteroatoms. The molecule has 0 saturated carbocycles. The Balaban J connectivity index is 0.00000156. The number of rotatable bonds is 4. The molecule has 24 heavy (non-hydrogen) atoms. The van der Waals surface area contributed by atoms with Gasteiger partial charge in [0.05, 0.1) is 12.9 Å². The van der Waals surface area contributed by atoms with E-state index < -0.39 is 39.0 Å². The summed E-state index contributed by atoms with van der Waals surface area (Å²) in [5, 5.41) is 20.1. The summed E-state index contributed by atoms with van der Waals surface area (Å²) in [6.07, 6.45) is -2.49. The van der Waals surface area contributed by atoms with Crippen molar-refractivity contribution >= 4 is 24.8 Å². The molecular formula is C10H15N5NaO7P. The minimum absolute atomic E-state index is 0. The van der Waals surface area contributed by atoms with E-state index in [0.29, 0.717) is 5.52 Å². The third-order valence-electron chi connectivity index (χ3n) is 3.41. The van der Waals surface area contributed by atoms with Crippen LogP contribution >= 0.6 is 7.82 Å². The summed E-state index contributed by atoms with van der Waals surface area (Å²) >= 11 is 0. The number of ether oxygens (including phenoxy) is 1. The Morgan fingerprint density at radius 2 is 2.04 bits per heavy atom. The SMILES string of the molecule is Nc1ncnc2c1ncn2[C@@H]1O[C@H](COP(=O)(O)O)[C@@H](O)[C@@H]1O.[H-].[Na+]. The second-order valence-corrected chi connectivity index (χ2v) is 6.15. The van der Waals surface area contributed by atoms with E-state index >= 15 is 0 Å². The van der Waals surface area contributed by atoms with Crippen molar-refractivity contribution in [3.05, 3.63) is 12.7 Å². The number of aliphatic hydroxyl groups is 2. The molecule has 0 amide bonds. The summed E-state index contributed by atoms with van der Waals surface area (Å²) in [6, 6.07) is 0. The molecule has 1 saturated heterocycles. The number of aromatic nitrogens is 4. The number of nitrogen functional groups attached to an aromatic ring is 1. The predicted molar refractivity (Wildman–Crippen MR) is 74.8 cm³/mol. The van der Waals surface area contributed by atoms with Crippen LogP contribution < -0.4 is 35.3 Å². The van der Waals surface area contributed by atoms with Crippen molar-refractivity contribution in [2.24, 2.45) is 0 Å². The molecule has 1 fully saturated rings. The first-order valence-electron chi connectivity index (χ1n) is 6.42. The van der Waals surface area contributed by atoms with Crippen LogP contribution in [0.5, 0.6) is 0 Å². The first-order chi connectivity index (χ1) is 10.8. The summed E-state index contributed by atoms with van der Waals surface area (Å²) in [4.78, 5) is 29.2. The third-order valence-corrected chi connectivity index (χ3v) is 3.89. The molecule has 128 valence electrons. The molecule has 0 spiro atoms. The first-order valence-corrected chi connectivity index (χ1v) is 7.95. The number of nitrogens with zero attached hydrogens (tertiary/aromatic N) is 4. The van der Waals surface area contributed by atoms with E-state index in [1.165, 1.54) is 17.2 Å². The van der Waals surface area contributed by atoms with Crippen molar-refractivity contribution in [3.63, 3.8) is 0 Å². The van der Waals surface area contributed by atoms with E-state index in [1.54, 1.807) is 0 Å². The monoisotopic (exact) mass is 371 g/mol. The number of fused-ring (bicyclic) bond motifs is 1. The maximum Gasteiger partial charge on any atom is 1.00 e. The van der Waals surface area contributed by atoms with Crippen molar-refractivity contribution in [1.82, 2.24) is 19.5 Å². The Morgan fingerprint density at radius 1 is 1.33 bits per heavy atom. The van der Waals surface area contributed by atoms with E-state index in [0.717, 1.165) is 0 Å². The molecule has 1 aliphatic heterocycles. The van der Waals surface area contributed by atoms with Gasteiger partial charge in [0.25, 0.3) is 0 Å². The van der Waals surface area contributed by atoms with Crippen LogP contribution in [0.2, 0.25) is 0 Å². The zero-order valence-electron chi connectivity index (χ0n) is 13.5. The zero-order chi connectivity index (χ0) is 16.8. The van der Waals surface area contributed by atoms with Gasteiger partial charge in [0.15, 0.2) is 17.7 Å². The van der Waals surface area contributed by atoms with Gasteiger partial charge in [0.2, 0.25) is 0 Å². The zero-order valence-corrected chi connectivity index (χ0v) is 15.4. The molecular weight excluding hydrogens is 356 g/mol. The van der Waals surface area contributed by atoms with Crippen LogP contribution in [-0.4, -0.2) is 64.4 Å². The smallest absolute Gasteiger partial charge is 1.00 e. The van der Waals surface area contributed by atoms with Gasteiger partial charge in [0.1, 0.15) is 30.2 Å². The van der Waals surface area contributed by atoms with Gasteiger partial charge in [-0.15, -0.1) is 0 Å². The van der Waals surface area contributed by atoms with Crippen molar-refractivity contribution < 1.29 is 64.8 Å². The van der Waals surface area contributed by atoms with Crippen molar-refractivity contribution in [2.75, 3.05) is 12.3 Å². The molecule has 6 N–H and O–H groups in total. The molecule has 0 bridgehead atoms. The topological polar surface area (TPSA) is 186 Å². The van der Waals surface area contributed by atoms with E-state index in [2.05, 4.69) is 19.5 Å². The first kappa shape index (κ1) is 19.7. The number of nitrogens with two attached hydrogens (primary N) is 1. The van der Waals surface area contributed by atoms with Crippen LogP contribution in [0.25, 0.3) is 11.2 Å². The molecule has 0 unspecified atom stereocenters. The van der Waals surface area contributed by atoms with Gasteiger partial charge in [0, 0.05) is 0 Å². The van der Waals surface area contributed by atoms with Gasteiger partial charge >= 0.3 is 37.4 Å². The van der Waals surface area contributed by atoms with Gasteiger partial charge in [-0.3, -0.25) is 9.09 Å². The van der Waals surface area contributed by atoms with Crippen LogP contribution in [0.3, 0.4) is 0 Å². The standard InChI is InChI=1S/C10H14N5O7P.Na.H/c11-8-5-9(13-2-12-8)15(3-14-5)10-7(17)6(16)4(22-10)1-21-23(18,19)20;;/h2-4,6-7,10,16-17H,1H2,(H2,11,12,13)(H2,18,19,20);;/q;+1;-1/t4-,6-,7+,10-;;/m1../s1. The van der Waals surface area contributed by atoms with Crippen molar-refractivity contribution in [3.8, 4) is 0 Å². The number of imidazole rings is 1. The van der Waals surface area contributed by atoms with Crippen LogP contribution in [0.1, 0.15) is 7.65 Å². The quantitative estimate of drug-likeness (QED) is 0.257. The normalized spacial score (nSPS) is 27.3. The fourth-order valence-electron chi connectivity index (χ4n) is 2.32. The minimum Gasteiger partial charge on any atom is -1.00 e. The minimum atomic E-state index is -4.72. The van der Waals surface area contributed by atoms with E-state index in [9.17, 15) is 14.8 Å². The number of phosphoric ester groups is 1. The fourth-order valence-corrected chi connectivity index (χ4v) is 2.66. The number of aliphatic hydroxyl groups excluding tert-OH is 2. The number of hydrogen-bond acceptors (Lipinski definition) is 9. The van der Waals surface area contributed by atoms with Crippen LogP contribution in [0.4, 0.5) is 5.82 Å². The molecule has 0 aromatic carbocycles. The van der Waals surface area contributed by atoms with Crippen LogP contribution in [0.15, 0.2) is 12.7 Å². The number of anilines is 1. The maximum atomic E-state index is 10.7. The second-order valence-electron chi connectivity index (χ2n) is 4.92. The van der Waals surface area contributed by atoms with Gasteiger partial charge in [-0.25, -0.2) is 19.5 Å². The molecule has 1 aliphatic rings. The fraction of sp³-hybridized carbons (Fsp3) is 0.500. The Bertz CT molecular complexity index is 775. The summed E-state index contributed by atoms with van der Waals surface area (Å²) in [7, 11) is -4.72. The second kappa shape index (κ2) is 7.30. The average molecular weight is 371 g/mol. The Morgan fingerprint density at radius 3 is 2.71 bits per heavy atom. The Labute approximate surface area is 158 Å². The Hall–Kier alpha value is -0.660. The molecule has 12 nitrogen and oxygen atoms in total. The van der Waals surface area contributed by atoms with Gasteiger partial charge in [-0.05, 0) is 0 Å².